The Bertz CT molecular complexity index is 707. The molecule has 0 saturated carbocycles. The summed E-state index contributed by atoms with van der Waals surface area (Å²) in [4.78, 5) is 3.60. The van der Waals surface area contributed by atoms with Crippen molar-refractivity contribution >= 4 is 22.0 Å². The summed E-state index contributed by atoms with van der Waals surface area (Å²) in [7, 11) is 0. The van der Waals surface area contributed by atoms with E-state index < -0.39 is 23.7 Å². The fourth-order valence-corrected chi connectivity index (χ4v) is 4.14. The molecule has 1 aromatic carbocycles. The number of amidine groups is 1. The first-order chi connectivity index (χ1) is 11.4. The van der Waals surface area contributed by atoms with E-state index in [9.17, 15) is 0 Å². The molecule has 5 nitrogen and oxygen atoms in total. The smallest absolute Gasteiger partial charge is 0.310 e. The zero-order chi connectivity index (χ0) is 17.0. The lowest BCUT2D eigenvalue weighted by molar-refractivity contribution is -0.227. The minimum Gasteiger partial charge on any atom is -0.484 e. The summed E-state index contributed by atoms with van der Waals surface area (Å²) in [5.74, 6) is -2.83. The van der Waals surface area contributed by atoms with Gasteiger partial charge in [-0.05, 0) is 31.0 Å². The first-order valence-corrected chi connectivity index (χ1v) is 8.59. The molecule has 4 rings (SSSR count). The van der Waals surface area contributed by atoms with Crippen LogP contribution in [0.1, 0.15) is 24.8 Å². The summed E-state index contributed by atoms with van der Waals surface area (Å²) < 4.78 is 48.0. The normalized spacial score (nSPS) is 34.2. The van der Waals surface area contributed by atoms with Gasteiger partial charge in [0.05, 0.1) is 6.61 Å². The molecule has 2 spiro atoms. The number of nitrogens with zero attached hydrogens (tertiary/aromatic N) is 1. The van der Waals surface area contributed by atoms with Crippen molar-refractivity contribution in [3.8, 4) is 5.75 Å². The van der Waals surface area contributed by atoms with E-state index in [1.807, 2.05) is 0 Å². The minimum atomic E-state index is -3.21. The van der Waals surface area contributed by atoms with Gasteiger partial charge in [-0.3, -0.25) is 0 Å². The summed E-state index contributed by atoms with van der Waals surface area (Å²) in [5.41, 5.74) is 3.22. The Morgan fingerprint density at radius 2 is 2.08 bits per heavy atom. The molecule has 0 bridgehead atoms. The van der Waals surface area contributed by atoms with Crippen molar-refractivity contribution in [1.82, 2.24) is 0 Å². The molecule has 0 unspecified atom stereocenters. The van der Waals surface area contributed by atoms with E-state index in [2.05, 4.69) is 20.9 Å². The minimum absolute atomic E-state index is 0.0350. The third-order valence-electron chi connectivity index (χ3n) is 4.86. The number of ether oxygens (including phenoxy) is 3. The van der Waals surface area contributed by atoms with Crippen molar-refractivity contribution in [2.24, 2.45) is 10.7 Å². The summed E-state index contributed by atoms with van der Waals surface area (Å²) >= 11 is 3.34. The maximum atomic E-state index is 15.1. The van der Waals surface area contributed by atoms with Crippen molar-refractivity contribution in [1.29, 1.82) is 0 Å². The summed E-state index contributed by atoms with van der Waals surface area (Å²) in [6.45, 7) is 0.147. The van der Waals surface area contributed by atoms with E-state index in [0.717, 1.165) is 6.42 Å². The van der Waals surface area contributed by atoms with Gasteiger partial charge in [0.1, 0.15) is 17.9 Å². The third kappa shape index (κ3) is 2.30. The largest absolute Gasteiger partial charge is 0.484 e. The lowest BCUT2D eigenvalue weighted by Gasteiger charge is -2.52. The highest BCUT2D eigenvalue weighted by Crippen LogP contribution is 2.56. The van der Waals surface area contributed by atoms with Crippen LogP contribution in [0, 0.1) is 0 Å². The molecule has 130 valence electrons. The Morgan fingerprint density at radius 1 is 1.25 bits per heavy atom. The topological polar surface area (TPSA) is 66.1 Å². The number of hydrogen-bond acceptors (Lipinski definition) is 5. The van der Waals surface area contributed by atoms with Crippen molar-refractivity contribution in [2.45, 2.75) is 36.4 Å². The molecule has 1 aromatic rings. The van der Waals surface area contributed by atoms with Gasteiger partial charge in [0.25, 0.3) is 6.02 Å². The molecule has 24 heavy (non-hydrogen) atoms. The fraction of sp³-hybridized carbons (Fsp3) is 0.562. The van der Waals surface area contributed by atoms with Crippen molar-refractivity contribution in [3.05, 3.63) is 28.2 Å². The van der Waals surface area contributed by atoms with Gasteiger partial charge in [-0.2, -0.15) is 8.78 Å². The van der Waals surface area contributed by atoms with Crippen LogP contribution in [0.15, 0.2) is 27.7 Å². The Morgan fingerprint density at radius 3 is 2.83 bits per heavy atom. The Labute approximate surface area is 146 Å². The number of halogens is 3. The van der Waals surface area contributed by atoms with Gasteiger partial charge in [-0.1, -0.05) is 15.9 Å². The maximum absolute atomic E-state index is 15.1. The molecule has 0 radical (unpaired) electrons. The van der Waals surface area contributed by atoms with Gasteiger partial charge in [-0.15, -0.1) is 0 Å². The second-order valence-corrected chi connectivity index (χ2v) is 7.46. The lowest BCUT2D eigenvalue weighted by atomic mass is 9.72. The second-order valence-electron chi connectivity index (χ2n) is 6.55. The molecule has 8 heteroatoms. The van der Waals surface area contributed by atoms with Crippen LogP contribution in [0.5, 0.6) is 5.75 Å². The molecule has 3 heterocycles. The number of rotatable bonds is 0. The van der Waals surface area contributed by atoms with Crippen LogP contribution < -0.4 is 10.5 Å². The van der Waals surface area contributed by atoms with Crippen molar-refractivity contribution in [3.63, 3.8) is 0 Å². The number of hydrogen-bond donors (Lipinski definition) is 1. The van der Waals surface area contributed by atoms with Gasteiger partial charge < -0.3 is 19.9 Å². The van der Waals surface area contributed by atoms with Crippen LogP contribution in [0.25, 0.3) is 0 Å². The molecule has 0 aliphatic carbocycles. The Balaban J connectivity index is 1.91. The highest BCUT2D eigenvalue weighted by atomic mass is 79.9. The summed E-state index contributed by atoms with van der Waals surface area (Å²) in [6.07, 6.45) is 1.34. The van der Waals surface area contributed by atoms with Crippen LogP contribution in [0.4, 0.5) is 8.78 Å². The number of nitrogens with two attached hydrogens (primary N) is 1. The van der Waals surface area contributed by atoms with E-state index in [-0.39, 0.29) is 24.6 Å². The third-order valence-corrected chi connectivity index (χ3v) is 5.36. The zero-order valence-electron chi connectivity index (χ0n) is 12.9. The van der Waals surface area contributed by atoms with Crippen LogP contribution in [-0.4, -0.2) is 37.3 Å². The van der Waals surface area contributed by atoms with Crippen molar-refractivity contribution in [2.75, 3.05) is 19.8 Å². The number of fused-ring (bicyclic) bond motifs is 2. The predicted molar refractivity (Wildman–Crippen MR) is 86.4 cm³/mol. The summed E-state index contributed by atoms with van der Waals surface area (Å²) in [6, 6.07) is 4.82. The highest BCUT2D eigenvalue weighted by Gasteiger charge is 2.66. The quantitative estimate of drug-likeness (QED) is 0.724. The molecule has 1 saturated heterocycles. The van der Waals surface area contributed by atoms with E-state index in [1.54, 1.807) is 18.2 Å². The first-order valence-electron chi connectivity index (χ1n) is 7.80. The van der Waals surface area contributed by atoms with Gasteiger partial charge in [0, 0.05) is 23.1 Å². The number of benzene rings is 1. The average Bonchev–Trinajstić information content (AvgIpc) is 2.53. The summed E-state index contributed by atoms with van der Waals surface area (Å²) in [5, 5.41) is 0. The Kier molecular flexibility index (Phi) is 3.55. The number of alkyl halides is 2. The molecule has 0 amide bonds. The predicted octanol–water partition coefficient (Wildman–Crippen LogP) is 2.96. The van der Waals surface area contributed by atoms with Gasteiger partial charge in [0.15, 0.2) is 0 Å². The van der Waals surface area contributed by atoms with Crippen LogP contribution in [0.3, 0.4) is 0 Å². The second kappa shape index (κ2) is 5.29. The van der Waals surface area contributed by atoms with E-state index in [4.69, 9.17) is 19.9 Å². The number of aliphatic imine (C=N–C) groups is 1. The Hall–Kier alpha value is -1.41. The van der Waals surface area contributed by atoms with Gasteiger partial charge in [-0.25, -0.2) is 4.99 Å². The molecule has 2 atom stereocenters. The SMILES string of the molecule is NC1=NCC(F)(F)[C@]2(C[C@@]3(CCCOC3)Oc3ccc(Br)cc32)O1. The average molecular weight is 403 g/mol. The highest BCUT2D eigenvalue weighted by molar-refractivity contribution is 9.10. The maximum Gasteiger partial charge on any atom is 0.310 e. The van der Waals surface area contributed by atoms with E-state index >= 15 is 8.78 Å². The molecule has 3 aliphatic rings. The molecular formula is C16H17BrF2N2O3. The zero-order valence-corrected chi connectivity index (χ0v) is 14.4. The van der Waals surface area contributed by atoms with Crippen molar-refractivity contribution < 1.29 is 23.0 Å². The molecule has 1 fully saturated rings. The molecule has 3 aliphatic heterocycles. The van der Waals surface area contributed by atoms with Crippen LogP contribution in [0.2, 0.25) is 0 Å². The molecular weight excluding hydrogens is 386 g/mol. The molecule has 2 N–H and O–H groups in total. The fourth-order valence-electron chi connectivity index (χ4n) is 3.78. The van der Waals surface area contributed by atoms with Crippen LogP contribution in [-0.2, 0) is 15.1 Å². The van der Waals surface area contributed by atoms with Gasteiger partial charge >= 0.3 is 5.92 Å². The first kappa shape index (κ1) is 16.1. The molecule has 0 aromatic heterocycles. The van der Waals surface area contributed by atoms with Gasteiger partial charge in [0.2, 0.25) is 5.60 Å². The standard InChI is InChI=1S/C16H17BrF2N2O3/c17-10-2-3-12-11(6-10)15(16(18,19)8-21-13(20)24-15)7-14(23-12)4-1-5-22-9-14/h2-3,6H,1,4-5,7-9H2,(H2,20,21)/t14-,15-/m1/s1. The van der Waals surface area contributed by atoms with E-state index in [1.165, 1.54) is 0 Å². The monoisotopic (exact) mass is 402 g/mol. The van der Waals surface area contributed by atoms with E-state index in [0.29, 0.717) is 23.2 Å². The lowest BCUT2D eigenvalue weighted by Crippen LogP contribution is -2.63. The van der Waals surface area contributed by atoms with Crippen LogP contribution >= 0.6 is 15.9 Å².